The monoisotopic (exact) mass is 279 g/mol. The molecule has 2 aromatic rings. The van der Waals surface area contributed by atoms with Crippen molar-refractivity contribution in [1.82, 2.24) is 4.98 Å². The third kappa shape index (κ3) is 3.52. The van der Waals surface area contributed by atoms with Crippen molar-refractivity contribution in [2.75, 3.05) is 12.4 Å². The lowest BCUT2D eigenvalue weighted by Gasteiger charge is -2.05. The maximum absolute atomic E-state index is 12.1. The van der Waals surface area contributed by atoms with Crippen LogP contribution in [0.1, 0.15) is 19.3 Å². The van der Waals surface area contributed by atoms with E-state index in [9.17, 15) is 8.42 Å². The first-order chi connectivity index (χ1) is 9.13. The van der Waals surface area contributed by atoms with Gasteiger partial charge in [-0.3, -0.25) is 0 Å². The Balaban J connectivity index is 2.18. The number of hydrogen-bond donors (Lipinski definition) is 1. The van der Waals surface area contributed by atoms with Crippen LogP contribution in [-0.4, -0.2) is 30.9 Å². The second kappa shape index (κ2) is 6.12. The van der Waals surface area contributed by atoms with Gasteiger partial charge >= 0.3 is 0 Å². The molecule has 102 valence electrons. The van der Waals surface area contributed by atoms with E-state index in [2.05, 4.69) is 4.98 Å². The molecule has 0 atom stereocenters. The summed E-state index contributed by atoms with van der Waals surface area (Å²) in [6.07, 6.45) is 1.90. The Morgan fingerprint density at radius 1 is 1.00 bits per heavy atom. The molecule has 0 aliphatic rings. The summed E-state index contributed by atoms with van der Waals surface area (Å²) in [4.78, 5) is 4.21. The molecule has 2 rings (SSSR count). The Morgan fingerprint density at radius 3 is 2.58 bits per heavy atom. The number of unbranched alkanes of at least 4 members (excludes halogenated alkanes) is 2. The molecule has 1 N–H and O–H groups in total. The summed E-state index contributed by atoms with van der Waals surface area (Å²) in [7, 11) is -3.32. The molecule has 0 bridgehead atoms. The fourth-order valence-electron chi connectivity index (χ4n) is 1.91. The Kier molecular flexibility index (Phi) is 4.50. The lowest BCUT2D eigenvalue weighted by atomic mass is 10.2. The molecule has 4 nitrogen and oxygen atoms in total. The van der Waals surface area contributed by atoms with Crippen molar-refractivity contribution in [2.24, 2.45) is 0 Å². The molecule has 0 aliphatic carbocycles. The highest BCUT2D eigenvalue weighted by Crippen LogP contribution is 2.16. The molecule has 1 aromatic heterocycles. The topological polar surface area (TPSA) is 67.3 Å². The van der Waals surface area contributed by atoms with Crippen LogP contribution in [0.3, 0.4) is 0 Å². The average molecular weight is 279 g/mol. The van der Waals surface area contributed by atoms with Crippen molar-refractivity contribution < 1.29 is 13.5 Å². The lowest BCUT2D eigenvalue weighted by Crippen LogP contribution is -2.09. The van der Waals surface area contributed by atoms with E-state index in [1.807, 2.05) is 18.2 Å². The van der Waals surface area contributed by atoms with Gasteiger partial charge in [-0.15, -0.1) is 0 Å². The third-order valence-electron chi connectivity index (χ3n) is 2.96. The number of benzene rings is 1. The Morgan fingerprint density at radius 2 is 1.79 bits per heavy atom. The number of fused-ring (bicyclic) bond motifs is 1. The molecule has 0 amide bonds. The van der Waals surface area contributed by atoms with Gasteiger partial charge in [-0.25, -0.2) is 13.4 Å². The average Bonchev–Trinajstić information content (AvgIpc) is 2.43. The van der Waals surface area contributed by atoms with Crippen LogP contribution in [0.5, 0.6) is 0 Å². The highest BCUT2D eigenvalue weighted by atomic mass is 32.2. The van der Waals surface area contributed by atoms with Crippen LogP contribution in [0.25, 0.3) is 10.9 Å². The van der Waals surface area contributed by atoms with E-state index in [-0.39, 0.29) is 17.4 Å². The van der Waals surface area contributed by atoms with Crippen LogP contribution in [0.4, 0.5) is 0 Å². The van der Waals surface area contributed by atoms with Crippen molar-refractivity contribution in [3.05, 3.63) is 36.4 Å². The van der Waals surface area contributed by atoms with E-state index in [4.69, 9.17) is 5.11 Å². The highest BCUT2D eigenvalue weighted by Gasteiger charge is 2.15. The van der Waals surface area contributed by atoms with E-state index in [1.165, 1.54) is 0 Å². The molecular formula is C14H17NO3S. The molecule has 0 spiro atoms. The van der Waals surface area contributed by atoms with Crippen LogP contribution in [0.15, 0.2) is 41.4 Å². The van der Waals surface area contributed by atoms with Crippen molar-refractivity contribution in [3.63, 3.8) is 0 Å². The molecule has 0 saturated heterocycles. The summed E-state index contributed by atoms with van der Waals surface area (Å²) >= 11 is 0. The molecule has 0 aliphatic heterocycles. The fraction of sp³-hybridized carbons (Fsp3) is 0.357. The van der Waals surface area contributed by atoms with Gasteiger partial charge in [-0.05, 0) is 31.0 Å². The van der Waals surface area contributed by atoms with Crippen LogP contribution in [0.2, 0.25) is 0 Å². The van der Waals surface area contributed by atoms with Crippen LogP contribution in [0, 0.1) is 0 Å². The molecule has 0 radical (unpaired) electrons. The van der Waals surface area contributed by atoms with E-state index in [0.717, 1.165) is 5.39 Å². The summed E-state index contributed by atoms with van der Waals surface area (Å²) in [5.74, 6) is 0.0817. The first-order valence-corrected chi connectivity index (χ1v) is 7.98. The minimum absolute atomic E-state index is 0.0817. The zero-order valence-corrected chi connectivity index (χ0v) is 11.4. The summed E-state index contributed by atoms with van der Waals surface area (Å²) < 4.78 is 24.2. The van der Waals surface area contributed by atoms with Crippen LogP contribution in [-0.2, 0) is 9.84 Å². The van der Waals surface area contributed by atoms with Gasteiger partial charge in [0.2, 0.25) is 0 Å². The summed E-state index contributed by atoms with van der Waals surface area (Å²) in [5.41, 5.74) is 0.693. The SMILES string of the molecule is O=S(=O)(CCCCCO)c1ccc2ccccc2n1. The summed E-state index contributed by atoms with van der Waals surface area (Å²) in [6, 6.07) is 10.8. The molecule has 1 aromatic carbocycles. The predicted octanol–water partition coefficient (Wildman–Crippen LogP) is 2.17. The minimum atomic E-state index is -3.32. The third-order valence-corrected chi connectivity index (χ3v) is 4.65. The molecular weight excluding hydrogens is 262 g/mol. The van der Waals surface area contributed by atoms with Crippen molar-refractivity contribution in [2.45, 2.75) is 24.3 Å². The van der Waals surface area contributed by atoms with Crippen LogP contribution >= 0.6 is 0 Å². The molecule has 0 unspecified atom stereocenters. The number of aromatic nitrogens is 1. The Labute approximate surface area is 113 Å². The fourth-order valence-corrected chi connectivity index (χ4v) is 3.21. The second-order valence-corrected chi connectivity index (χ2v) is 6.50. The quantitative estimate of drug-likeness (QED) is 0.823. The van der Waals surface area contributed by atoms with E-state index in [0.29, 0.717) is 24.8 Å². The first-order valence-electron chi connectivity index (χ1n) is 6.33. The van der Waals surface area contributed by atoms with Gasteiger partial charge in [0.25, 0.3) is 0 Å². The number of nitrogens with zero attached hydrogens (tertiary/aromatic N) is 1. The number of para-hydroxylation sites is 1. The van der Waals surface area contributed by atoms with Gasteiger partial charge in [0.1, 0.15) is 0 Å². The van der Waals surface area contributed by atoms with Gasteiger partial charge in [0.05, 0.1) is 11.3 Å². The molecule has 0 saturated carbocycles. The number of sulfone groups is 1. The zero-order chi connectivity index (χ0) is 13.7. The normalized spacial score (nSPS) is 11.8. The highest BCUT2D eigenvalue weighted by molar-refractivity contribution is 7.91. The van der Waals surface area contributed by atoms with Gasteiger partial charge < -0.3 is 5.11 Å². The zero-order valence-electron chi connectivity index (χ0n) is 10.6. The van der Waals surface area contributed by atoms with Crippen molar-refractivity contribution >= 4 is 20.7 Å². The van der Waals surface area contributed by atoms with Crippen LogP contribution < -0.4 is 0 Å². The molecule has 1 heterocycles. The smallest absolute Gasteiger partial charge is 0.195 e. The van der Waals surface area contributed by atoms with Gasteiger partial charge in [-0.2, -0.15) is 0 Å². The Hall–Kier alpha value is -1.46. The molecule has 19 heavy (non-hydrogen) atoms. The number of aliphatic hydroxyl groups excluding tert-OH is 1. The van der Waals surface area contributed by atoms with Gasteiger partial charge in [0, 0.05) is 12.0 Å². The number of pyridine rings is 1. The van der Waals surface area contributed by atoms with E-state index < -0.39 is 9.84 Å². The number of rotatable bonds is 6. The largest absolute Gasteiger partial charge is 0.396 e. The standard InChI is InChI=1S/C14H17NO3S/c16-10-4-1-5-11-19(17,18)14-9-8-12-6-2-3-7-13(12)15-14/h2-3,6-9,16H,1,4-5,10-11H2. The lowest BCUT2D eigenvalue weighted by molar-refractivity contribution is 0.284. The summed E-state index contributed by atoms with van der Waals surface area (Å²) in [5, 5.41) is 9.74. The van der Waals surface area contributed by atoms with E-state index in [1.54, 1.807) is 18.2 Å². The summed E-state index contributed by atoms with van der Waals surface area (Å²) in [6.45, 7) is 0.105. The number of hydrogen-bond acceptors (Lipinski definition) is 4. The van der Waals surface area contributed by atoms with Gasteiger partial charge in [0.15, 0.2) is 14.9 Å². The molecule has 5 heteroatoms. The van der Waals surface area contributed by atoms with E-state index >= 15 is 0 Å². The Bertz CT molecular complexity index is 653. The van der Waals surface area contributed by atoms with Crippen molar-refractivity contribution in [1.29, 1.82) is 0 Å². The number of aliphatic hydroxyl groups is 1. The predicted molar refractivity (Wildman–Crippen MR) is 74.7 cm³/mol. The second-order valence-electron chi connectivity index (χ2n) is 4.45. The van der Waals surface area contributed by atoms with Crippen molar-refractivity contribution in [3.8, 4) is 0 Å². The van der Waals surface area contributed by atoms with Gasteiger partial charge in [-0.1, -0.05) is 24.6 Å². The first kappa shape index (κ1) is 14.0. The minimum Gasteiger partial charge on any atom is -0.396 e. The maximum atomic E-state index is 12.1. The molecule has 0 fully saturated rings. The maximum Gasteiger partial charge on any atom is 0.195 e.